The Kier molecular flexibility index (Phi) is 18.0. The molecule has 0 aliphatic heterocycles. The molecule has 0 aromatic carbocycles. The second kappa shape index (κ2) is 18.6. The van der Waals surface area contributed by atoms with E-state index in [2.05, 4.69) is 24.5 Å². The van der Waals surface area contributed by atoms with Gasteiger partial charge in [0.15, 0.2) is 0 Å². The minimum atomic E-state index is 0.0784. The first-order valence-electron chi connectivity index (χ1n) is 8.97. The molecule has 0 atom stereocenters. The molecular weight excluding hydrogens is 312 g/mol. The number of ether oxygens (including phenoxy) is 4. The van der Waals surface area contributed by atoms with Gasteiger partial charge in [-0.15, -0.1) is 0 Å². The Morgan fingerprint density at radius 2 is 1.25 bits per heavy atom. The van der Waals surface area contributed by atoms with E-state index in [1.165, 1.54) is 0 Å². The van der Waals surface area contributed by atoms with E-state index in [1.807, 2.05) is 6.92 Å². The van der Waals surface area contributed by atoms with Gasteiger partial charge >= 0.3 is 0 Å². The van der Waals surface area contributed by atoms with Crippen molar-refractivity contribution in [2.24, 2.45) is 0 Å². The smallest absolute Gasteiger partial charge is 0.220 e. The van der Waals surface area contributed by atoms with Gasteiger partial charge in [-0.1, -0.05) is 20.8 Å². The van der Waals surface area contributed by atoms with Crippen LogP contribution in [0.25, 0.3) is 0 Å². The molecule has 0 aliphatic rings. The predicted octanol–water partition coefficient (Wildman–Crippen LogP) is 0.967. The zero-order valence-corrected chi connectivity index (χ0v) is 15.6. The Balaban J connectivity index is 3.04. The molecule has 0 saturated carbocycles. The van der Waals surface area contributed by atoms with Gasteiger partial charge in [0.1, 0.15) is 0 Å². The van der Waals surface area contributed by atoms with E-state index >= 15 is 0 Å². The third-order valence-corrected chi connectivity index (χ3v) is 2.96. The lowest BCUT2D eigenvalue weighted by atomic mass is 10.3. The molecule has 0 radical (unpaired) electrons. The molecule has 0 saturated heterocycles. The standard InChI is InChI=1S/C17H36N2O5/c1-4-5-17(20)19-7-9-22-11-13-24-15-14-23-12-10-21-8-6-18-16(2)3/h16,18H,4-15H2,1-3H3,(H,19,20). The number of carbonyl (C=O) groups excluding carboxylic acids is 1. The number of amides is 1. The van der Waals surface area contributed by atoms with Crippen molar-refractivity contribution in [2.75, 3.05) is 65.9 Å². The molecule has 0 spiro atoms. The van der Waals surface area contributed by atoms with E-state index in [1.54, 1.807) is 0 Å². The van der Waals surface area contributed by atoms with Crippen LogP contribution in [0.3, 0.4) is 0 Å². The van der Waals surface area contributed by atoms with Gasteiger partial charge in [-0.3, -0.25) is 4.79 Å². The maximum Gasteiger partial charge on any atom is 0.220 e. The molecule has 0 fully saturated rings. The molecule has 144 valence electrons. The maximum atomic E-state index is 11.2. The minimum Gasteiger partial charge on any atom is -0.378 e. The summed E-state index contributed by atoms with van der Waals surface area (Å²) in [5.74, 6) is 0.0784. The van der Waals surface area contributed by atoms with E-state index in [-0.39, 0.29) is 5.91 Å². The molecule has 7 nitrogen and oxygen atoms in total. The molecule has 0 bridgehead atoms. The number of rotatable bonds is 18. The Labute approximate surface area is 146 Å². The van der Waals surface area contributed by atoms with Crippen LogP contribution < -0.4 is 10.6 Å². The fraction of sp³-hybridized carbons (Fsp3) is 0.941. The van der Waals surface area contributed by atoms with Crippen molar-refractivity contribution in [1.29, 1.82) is 0 Å². The van der Waals surface area contributed by atoms with Gasteiger partial charge in [0.05, 0.1) is 52.9 Å². The van der Waals surface area contributed by atoms with Crippen LogP contribution in [0.1, 0.15) is 33.6 Å². The van der Waals surface area contributed by atoms with Crippen molar-refractivity contribution >= 4 is 5.91 Å². The fourth-order valence-corrected chi connectivity index (χ4v) is 1.76. The molecule has 0 aliphatic carbocycles. The van der Waals surface area contributed by atoms with Gasteiger partial charge in [-0.25, -0.2) is 0 Å². The van der Waals surface area contributed by atoms with Crippen LogP contribution in [0.4, 0.5) is 0 Å². The van der Waals surface area contributed by atoms with Gasteiger partial charge < -0.3 is 29.6 Å². The highest BCUT2D eigenvalue weighted by atomic mass is 16.6. The molecule has 2 N–H and O–H groups in total. The van der Waals surface area contributed by atoms with Crippen molar-refractivity contribution < 1.29 is 23.7 Å². The van der Waals surface area contributed by atoms with Gasteiger partial charge in [-0.05, 0) is 6.42 Å². The Bertz CT molecular complexity index is 278. The Hall–Kier alpha value is -0.730. The monoisotopic (exact) mass is 348 g/mol. The highest BCUT2D eigenvalue weighted by Crippen LogP contribution is 1.86. The largest absolute Gasteiger partial charge is 0.378 e. The lowest BCUT2D eigenvalue weighted by molar-refractivity contribution is -0.121. The molecule has 24 heavy (non-hydrogen) atoms. The van der Waals surface area contributed by atoms with Crippen molar-refractivity contribution in [1.82, 2.24) is 10.6 Å². The van der Waals surface area contributed by atoms with Crippen LogP contribution in [0.2, 0.25) is 0 Å². The van der Waals surface area contributed by atoms with Crippen LogP contribution in [0.5, 0.6) is 0 Å². The summed E-state index contributed by atoms with van der Waals surface area (Å²) < 4.78 is 21.6. The third kappa shape index (κ3) is 19.3. The third-order valence-electron chi connectivity index (χ3n) is 2.96. The average molecular weight is 348 g/mol. The molecule has 0 aromatic heterocycles. The zero-order valence-electron chi connectivity index (χ0n) is 15.6. The van der Waals surface area contributed by atoms with Crippen LogP contribution in [0, 0.1) is 0 Å². The van der Waals surface area contributed by atoms with E-state index in [0.717, 1.165) is 13.0 Å². The van der Waals surface area contributed by atoms with Crippen molar-refractivity contribution in [3.63, 3.8) is 0 Å². The lowest BCUT2D eigenvalue weighted by Crippen LogP contribution is -2.27. The van der Waals surface area contributed by atoms with E-state index in [9.17, 15) is 4.79 Å². The van der Waals surface area contributed by atoms with Gasteiger partial charge in [-0.2, -0.15) is 0 Å². The molecule has 1 amide bonds. The highest BCUT2D eigenvalue weighted by molar-refractivity contribution is 5.75. The van der Waals surface area contributed by atoms with E-state index < -0.39 is 0 Å². The fourth-order valence-electron chi connectivity index (χ4n) is 1.76. The predicted molar refractivity (Wildman–Crippen MR) is 94.3 cm³/mol. The topological polar surface area (TPSA) is 78.1 Å². The number of carbonyl (C=O) groups is 1. The quantitative estimate of drug-likeness (QED) is 0.359. The number of hydrogen-bond acceptors (Lipinski definition) is 6. The molecule has 0 heterocycles. The van der Waals surface area contributed by atoms with Gasteiger partial charge in [0, 0.05) is 25.6 Å². The average Bonchev–Trinajstić information content (AvgIpc) is 2.54. The first-order chi connectivity index (χ1) is 11.7. The van der Waals surface area contributed by atoms with Gasteiger partial charge in [0.2, 0.25) is 5.91 Å². The second-order valence-corrected chi connectivity index (χ2v) is 5.66. The summed E-state index contributed by atoms with van der Waals surface area (Å²) >= 11 is 0. The molecule has 7 heteroatoms. The first kappa shape index (κ1) is 23.3. The Morgan fingerprint density at radius 1 is 0.792 bits per heavy atom. The maximum absolute atomic E-state index is 11.2. The van der Waals surface area contributed by atoms with E-state index in [4.69, 9.17) is 18.9 Å². The molecule has 0 aromatic rings. The summed E-state index contributed by atoms with van der Waals surface area (Å²) in [7, 11) is 0. The second-order valence-electron chi connectivity index (χ2n) is 5.66. The molecule has 0 unspecified atom stereocenters. The van der Waals surface area contributed by atoms with Crippen LogP contribution in [-0.2, 0) is 23.7 Å². The summed E-state index contributed by atoms with van der Waals surface area (Å²) in [6.45, 7) is 12.2. The summed E-state index contributed by atoms with van der Waals surface area (Å²) in [6, 6.07) is 0.491. The summed E-state index contributed by atoms with van der Waals surface area (Å²) in [5, 5.41) is 6.07. The van der Waals surface area contributed by atoms with Crippen LogP contribution >= 0.6 is 0 Å². The van der Waals surface area contributed by atoms with Gasteiger partial charge in [0.25, 0.3) is 0 Å². The number of hydrogen-bond donors (Lipinski definition) is 2. The minimum absolute atomic E-state index is 0.0784. The SMILES string of the molecule is CCCC(=O)NCCOCCOCCOCCOCCNC(C)C. The normalized spacial score (nSPS) is 11.2. The highest BCUT2D eigenvalue weighted by Gasteiger charge is 1.97. The van der Waals surface area contributed by atoms with Crippen LogP contribution in [-0.4, -0.2) is 77.9 Å². The lowest BCUT2D eigenvalue weighted by Gasteiger charge is -2.09. The Morgan fingerprint density at radius 3 is 1.71 bits per heavy atom. The van der Waals surface area contributed by atoms with Crippen molar-refractivity contribution in [3.05, 3.63) is 0 Å². The van der Waals surface area contributed by atoms with Crippen LogP contribution in [0.15, 0.2) is 0 Å². The summed E-state index contributed by atoms with van der Waals surface area (Å²) in [6.07, 6.45) is 1.44. The molecular formula is C17H36N2O5. The first-order valence-corrected chi connectivity index (χ1v) is 8.97. The number of nitrogens with one attached hydrogen (secondary N) is 2. The van der Waals surface area contributed by atoms with Crippen molar-refractivity contribution in [2.45, 2.75) is 39.7 Å². The summed E-state index contributed by atoms with van der Waals surface area (Å²) in [4.78, 5) is 11.2. The molecule has 0 rings (SSSR count). The summed E-state index contributed by atoms with van der Waals surface area (Å²) in [5.41, 5.74) is 0. The zero-order chi connectivity index (χ0) is 17.9. The van der Waals surface area contributed by atoms with E-state index in [0.29, 0.717) is 71.9 Å². The van der Waals surface area contributed by atoms with Crippen molar-refractivity contribution in [3.8, 4) is 0 Å².